The van der Waals surface area contributed by atoms with Crippen LogP contribution in [0.3, 0.4) is 0 Å². The minimum absolute atomic E-state index is 0.0988. The number of rotatable bonds is 8. The minimum atomic E-state index is -1.55. The largest absolute Gasteiger partial charge is 0.479 e. The topological polar surface area (TPSA) is 216 Å². The van der Waals surface area contributed by atoms with Crippen LogP contribution in [0.4, 0.5) is 10.2 Å². The van der Waals surface area contributed by atoms with Gasteiger partial charge in [-0.15, -0.1) is 0 Å². The molecule has 9 N–H and O–H groups in total. The number of nitrogens with one attached hydrogen (secondary N) is 2. The quantitative estimate of drug-likeness (QED) is 0.147. The van der Waals surface area contributed by atoms with Crippen LogP contribution in [0, 0.1) is 11.2 Å². The Labute approximate surface area is 176 Å². The molecular weight excluding hydrogens is 415 g/mol. The Hall–Kier alpha value is -3.52. The summed E-state index contributed by atoms with van der Waals surface area (Å²) in [6.07, 6.45) is 0.863. The number of aromatic nitrogens is 2. The molecule has 1 aliphatic rings. The van der Waals surface area contributed by atoms with Crippen LogP contribution in [-0.4, -0.2) is 69.2 Å². The number of nitrogens with two attached hydrogens (primary N) is 3. The molecule has 1 amide bonds. The highest BCUT2D eigenvalue weighted by Gasteiger charge is 2.35. The second-order valence-electron chi connectivity index (χ2n) is 6.99. The number of nitrogens with zero attached hydrogens (tertiary/aromatic N) is 3. The standard InChI is InChI=1S/C17H25FN8O5/c1-25(16(21)22)5-4-8(19)6-11(27)23-10-2-3-12(31-13(10)15(28)29)26-7-9(18)14(20)24-17(26)30/h2-3,7-8,10,12-13H,4-6,19H2,1H3,(H3,21,22)(H,23,27)(H,28,29)(H2,20,24,30)/t8-,10-,12+,13-/m0/s1. The van der Waals surface area contributed by atoms with Gasteiger partial charge in [-0.1, -0.05) is 6.08 Å². The molecule has 0 fully saturated rings. The number of amides is 1. The average molecular weight is 440 g/mol. The summed E-state index contributed by atoms with van der Waals surface area (Å²) in [4.78, 5) is 40.6. The molecule has 0 bridgehead atoms. The van der Waals surface area contributed by atoms with E-state index in [1.807, 2.05) is 0 Å². The number of guanidine groups is 1. The van der Waals surface area contributed by atoms with Gasteiger partial charge < -0.3 is 37.3 Å². The summed E-state index contributed by atoms with van der Waals surface area (Å²) < 4.78 is 19.8. The zero-order valence-corrected chi connectivity index (χ0v) is 16.7. The molecule has 31 heavy (non-hydrogen) atoms. The Balaban J connectivity index is 2.05. The molecular formula is C17H25FN8O5. The number of hydrogen-bond acceptors (Lipinski definition) is 8. The molecule has 0 aliphatic carbocycles. The van der Waals surface area contributed by atoms with E-state index in [2.05, 4.69) is 10.3 Å². The molecule has 1 aromatic rings. The summed E-state index contributed by atoms with van der Waals surface area (Å²) in [5.41, 5.74) is 15.5. The lowest BCUT2D eigenvalue weighted by Gasteiger charge is -2.31. The van der Waals surface area contributed by atoms with E-state index in [1.165, 1.54) is 17.1 Å². The van der Waals surface area contributed by atoms with Gasteiger partial charge in [-0.3, -0.25) is 14.8 Å². The SMILES string of the molecule is CN(CC[C@H](N)CC(=O)N[C@H]1C=C[C@H](n2cc(F)c(N)nc2=O)O[C@@H]1C(=O)O)C(=N)N. The summed E-state index contributed by atoms with van der Waals surface area (Å²) in [5, 5.41) is 19.3. The number of carbonyl (C=O) groups excluding carboxylic acids is 1. The number of carboxylic acids is 1. The van der Waals surface area contributed by atoms with Crippen molar-refractivity contribution < 1.29 is 23.8 Å². The van der Waals surface area contributed by atoms with Gasteiger partial charge >= 0.3 is 11.7 Å². The molecule has 13 nitrogen and oxygen atoms in total. The first-order valence-corrected chi connectivity index (χ1v) is 9.20. The van der Waals surface area contributed by atoms with Gasteiger partial charge in [0.2, 0.25) is 5.91 Å². The van der Waals surface area contributed by atoms with Crippen molar-refractivity contribution >= 4 is 23.7 Å². The summed E-state index contributed by atoms with van der Waals surface area (Å²) in [6, 6.07) is -1.59. The molecule has 2 heterocycles. The number of halogens is 1. The first-order valence-electron chi connectivity index (χ1n) is 9.20. The highest BCUT2D eigenvalue weighted by molar-refractivity contribution is 5.80. The predicted molar refractivity (Wildman–Crippen MR) is 107 cm³/mol. The molecule has 0 spiro atoms. The maximum Gasteiger partial charge on any atom is 0.352 e. The van der Waals surface area contributed by atoms with Crippen LogP contribution in [-0.2, 0) is 14.3 Å². The van der Waals surface area contributed by atoms with Crippen molar-refractivity contribution in [1.82, 2.24) is 19.8 Å². The maximum absolute atomic E-state index is 13.7. The number of aliphatic carboxylic acids is 1. The van der Waals surface area contributed by atoms with Gasteiger partial charge in [0.1, 0.15) is 0 Å². The number of hydrogen-bond donors (Lipinski definition) is 6. The molecule has 0 saturated heterocycles. The molecule has 2 rings (SSSR count). The molecule has 0 radical (unpaired) electrons. The van der Waals surface area contributed by atoms with Gasteiger partial charge in [0.15, 0.2) is 29.9 Å². The van der Waals surface area contributed by atoms with Gasteiger partial charge in [-0.25, -0.2) is 14.0 Å². The van der Waals surface area contributed by atoms with Gasteiger partial charge in [-0.2, -0.15) is 4.98 Å². The molecule has 0 unspecified atom stereocenters. The maximum atomic E-state index is 13.7. The summed E-state index contributed by atoms with van der Waals surface area (Å²) >= 11 is 0. The van der Waals surface area contributed by atoms with Crippen molar-refractivity contribution in [2.75, 3.05) is 19.3 Å². The van der Waals surface area contributed by atoms with E-state index >= 15 is 0 Å². The number of carbonyl (C=O) groups is 2. The lowest BCUT2D eigenvalue weighted by Crippen LogP contribution is -2.51. The molecule has 1 aliphatic heterocycles. The van der Waals surface area contributed by atoms with Crippen molar-refractivity contribution in [3.8, 4) is 0 Å². The van der Waals surface area contributed by atoms with Crippen LogP contribution in [0.1, 0.15) is 19.1 Å². The van der Waals surface area contributed by atoms with Crippen LogP contribution >= 0.6 is 0 Å². The molecule has 4 atom stereocenters. The Bertz CT molecular complexity index is 936. The van der Waals surface area contributed by atoms with E-state index in [0.29, 0.717) is 13.0 Å². The second kappa shape index (κ2) is 9.99. The second-order valence-corrected chi connectivity index (χ2v) is 6.99. The zero-order valence-electron chi connectivity index (χ0n) is 16.7. The van der Waals surface area contributed by atoms with Crippen LogP contribution in [0.5, 0.6) is 0 Å². The molecule has 0 saturated carbocycles. The van der Waals surface area contributed by atoms with E-state index in [9.17, 15) is 23.9 Å². The van der Waals surface area contributed by atoms with Gasteiger partial charge in [0.05, 0.1) is 12.2 Å². The number of ether oxygens (including phenoxy) is 1. The minimum Gasteiger partial charge on any atom is -0.479 e. The normalized spacial score (nSPS) is 21.3. The third-order valence-electron chi connectivity index (χ3n) is 4.57. The third kappa shape index (κ3) is 6.23. The fourth-order valence-electron chi connectivity index (χ4n) is 2.79. The molecule has 1 aromatic heterocycles. The fraction of sp³-hybridized carbons (Fsp3) is 0.471. The Morgan fingerprint density at radius 3 is 2.77 bits per heavy atom. The predicted octanol–water partition coefficient (Wildman–Crippen LogP) is -2.08. The van der Waals surface area contributed by atoms with Crippen molar-refractivity contribution in [1.29, 1.82) is 5.41 Å². The summed E-state index contributed by atoms with van der Waals surface area (Å²) in [6.45, 7) is 0.372. The van der Waals surface area contributed by atoms with Crippen LogP contribution in [0.2, 0.25) is 0 Å². The Morgan fingerprint density at radius 2 is 2.16 bits per heavy atom. The van der Waals surface area contributed by atoms with Gasteiger partial charge in [-0.05, 0) is 12.5 Å². The average Bonchev–Trinajstić information content (AvgIpc) is 2.68. The lowest BCUT2D eigenvalue weighted by molar-refractivity contribution is -0.159. The summed E-state index contributed by atoms with van der Waals surface area (Å²) in [5.74, 6) is -3.60. The molecule has 0 aromatic carbocycles. The lowest BCUT2D eigenvalue weighted by atomic mass is 10.1. The van der Waals surface area contributed by atoms with Crippen molar-refractivity contribution in [3.63, 3.8) is 0 Å². The third-order valence-corrected chi connectivity index (χ3v) is 4.57. The van der Waals surface area contributed by atoms with Crippen molar-refractivity contribution in [2.24, 2.45) is 11.5 Å². The molecule has 14 heteroatoms. The highest BCUT2D eigenvalue weighted by Crippen LogP contribution is 2.21. The Morgan fingerprint density at radius 1 is 1.48 bits per heavy atom. The first kappa shape index (κ1) is 23.8. The van der Waals surface area contributed by atoms with E-state index in [4.69, 9.17) is 27.3 Å². The molecule has 170 valence electrons. The first-order chi connectivity index (χ1) is 14.5. The number of carboxylic acid groups (broad SMARTS) is 1. The number of nitrogen functional groups attached to an aromatic ring is 1. The smallest absolute Gasteiger partial charge is 0.352 e. The van der Waals surface area contributed by atoms with E-state index < -0.39 is 53.6 Å². The van der Waals surface area contributed by atoms with Crippen LogP contribution in [0.15, 0.2) is 23.1 Å². The zero-order chi connectivity index (χ0) is 23.3. The van der Waals surface area contributed by atoms with Gasteiger partial charge in [0.25, 0.3) is 0 Å². The van der Waals surface area contributed by atoms with E-state index in [-0.39, 0.29) is 12.4 Å². The van der Waals surface area contributed by atoms with Gasteiger partial charge in [0, 0.05) is 26.1 Å². The Kier molecular flexibility index (Phi) is 7.66. The highest BCUT2D eigenvalue weighted by atomic mass is 19.1. The van der Waals surface area contributed by atoms with Crippen molar-refractivity contribution in [2.45, 2.75) is 37.3 Å². The van der Waals surface area contributed by atoms with Crippen LogP contribution < -0.4 is 28.2 Å². The van der Waals surface area contributed by atoms with Crippen LogP contribution in [0.25, 0.3) is 0 Å². The number of anilines is 1. The fourth-order valence-corrected chi connectivity index (χ4v) is 2.79. The van der Waals surface area contributed by atoms with Crippen molar-refractivity contribution in [3.05, 3.63) is 34.7 Å². The van der Waals surface area contributed by atoms with E-state index in [0.717, 1.165) is 10.8 Å². The summed E-state index contributed by atoms with van der Waals surface area (Å²) in [7, 11) is 1.61. The van der Waals surface area contributed by atoms with E-state index in [1.54, 1.807) is 7.05 Å². The monoisotopic (exact) mass is 440 g/mol.